The lowest BCUT2D eigenvalue weighted by molar-refractivity contribution is -0.384. The van der Waals surface area contributed by atoms with Crippen LogP contribution in [0.5, 0.6) is 0 Å². The summed E-state index contributed by atoms with van der Waals surface area (Å²) in [4.78, 5) is 27.4. The number of nitro benzene ring substituents is 1. The maximum atomic E-state index is 14.6. The fourth-order valence-corrected chi connectivity index (χ4v) is 3.78. The van der Waals surface area contributed by atoms with E-state index in [0.717, 1.165) is 24.0 Å². The number of carbonyl (C=O) groups is 1. The summed E-state index contributed by atoms with van der Waals surface area (Å²) in [6, 6.07) is 4.36. The molecule has 14 heteroatoms. The summed E-state index contributed by atoms with van der Waals surface area (Å²) in [7, 11) is 0. The molecule has 0 bridgehead atoms. The summed E-state index contributed by atoms with van der Waals surface area (Å²) in [5.74, 6) is -0.688. The van der Waals surface area contributed by atoms with Gasteiger partial charge in [-0.05, 0) is 42.2 Å². The molecule has 0 N–H and O–H groups in total. The molecule has 0 radical (unpaired) electrons. The van der Waals surface area contributed by atoms with Gasteiger partial charge in [0.05, 0.1) is 4.92 Å². The van der Waals surface area contributed by atoms with Crippen molar-refractivity contribution >= 4 is 11.5 Å². The van der Waals surface area contributed by atoms with Crippen molar-refractivity contribution in [3.05, 3.63) is 80.9 Å². The molecule has 0 unspecified atom stereocenters. The van der Waals surface area contributed by atoms with Gasteiger partial charge >= 0.3 is 18.0 Å². The first-order chi connectivity index (χ1) is 16.6. The number of aromatic nitrogens is 3. The first-order valence-electron chi connectivity index (χ1n) is 10.2. The fraction of sp³-hybridized carbons (Fsp3) is 0.318. The minimum atomic E-state index is -6.27. The number of alkyl halides is 7. The van der Waals surface area contributed by atoms with E-state index in [1.165, 1.54) is 25.4 Å². The summed E-state index contributed by atoms with van der Waals surface area (Å²) < 4.78 is 94.9. The number of ketones is 1. The molecule has 0 spiro atoms. The quantitative estimate of drug-likeness (QED) is 0.172. The van der Waals surface area contributed by atoms with Crippen LogP contribution in [0.1, 0.15) is 39.5 Å². The second-order valence-corrected chi connectivity index (χ2v) is 7.84. The summed E-state index contributed by atoms with van der Waals surface area (Å²) in [5.41, 5.74) is -7.99. The number of hydrogen-bond donors (Lipinski definition) is 0. The lowest BCUT2D eigenvalue weighted by Crippen LogP contribution is -2.50. The Balaban J connectivity index is 2.03. The van der Waals surface area contributed by atoms with E-state index in [9.17, 15) is 45.6 Å². The van der Waals surface area contributed by atoms with Crippen molar-refractivity contribution in [2.24, 2.45) is 0 Å². The summed E-state index contributed by atoms with van der Waals surface area (Å²) in [5, 5.41) is 15.3. The number of rotatable bonds is 7. The van der Waals surface area contributed by atoms with Gasteiger partial charge < -0.3 is 0 Å². The third kappa shape index (κ3) is 4.66. The van der Waals surface area contributed by atoms with Gasteiger partial charge in [-0.25, -0.2) is 14.1 Å². The van der Waals surface area contributed by atoms with E-state index in [1.807, 2.05) is 0 Å². The first-order valence-corrected chi connectivity index (χ1v) is 10.2. The number of benzene rings is 2. The molecular weight excluding hydrogens is 501 g/mol. The van der Waals surface area contributed by atoms with Crippen molar-refractivity contribution in [3.8, 4) is 5.69 Å². The second-order valence-electron chi connectivity index (χ2n) is 7.84. The SMILES string of the molecule is CCc1cc(C(F)(C(F)(F)F)C(F)(F)F)cc(C)c1CC(=O)c1ccc(-n2cncn2)c([N+](=O)[O-])c1. The van der Waals surface area contributed by atoms with Gasteiger partial charge in [0.15, 0.2) is 5.78 Å². The van der Waals surface area contributed by atoms with Crippen molar-refractivity contribution in [1.29, 1.82) is 0 Å². The van der Waals surface area contributed by atoms with Gasteiger partial charge in [-0.2, -0.15) is 31.4 Å². The van der Waals surface area contributed by atoms with Gasteiger partial charge in [0, 0.05) is 23.6 Å². The molecule has 192 valence electrons. The normalized spacial score (nSPS) is 12.6. The zero-order chi connectivity index (χ0) is 27.1. The summed E-state index contributed by atoms with van der Waals surface area (Å²) >= 11 is 0. The van der Waals surface area contributed by atoms with Crippen LogP contribution in [0.3, 0.4) is 0 Å². The molecule has 3 aromatic rings. The minimum absolute atomic E-state index is 0.0161. The lowest BCUT2D eigenvalue weighted by atomic mass is 9.86. The monoisotopic (exact) mass is 518 g/mol. The molecule has 3 rings (SSSR count). The maximum Gasteiger partial charge on any atom is 0.435 e. The average Bonchev–Trinajstić information content (AvgIpc) is 3.32. The molecule has 0 aliphatic rings. The fourth-order valence-electron chi connectivity index (χ4n) is 3.78. The van der Waals surface area contributed by atoms with Gasteiger partial charge in [0.2, 0.25) is 0 Å². The van der Waals surface area contributed by atoms with E-state index in [2.05, 4.69) is 10.1 Å². The van der Waals surface area contributed by atoms with E-state index in [1.54, 1.807) is 0 Å². The van der Waals surface area contributed by atoms with E-state index in [0.29, 0.717) is 12.1 Å². The van der Waals surface area contributed by atoms with Crippen LogP contribution in [0.2, 0.25) is 0 Å². The zero-order valence-corrected chi connectivity index (χ0v) is 18.6. The first kappa shape index (κ1) is 26.8. The van der Waals surface area contributed by atoms with Gasteiger partial charge in [-0.3, -0.25) is 14.9 Å². The van der Waals surface area contributed by atoms with Crippen LogP contribution in [-0.4, -0.2) is 37.8 Å². The Labute approximate surface area is 198 Å². The molecule has 0 atom stereocenters. The van der Waals surface area contributed by atoms with Crippen molar-refractivity contribution in [2.75, 3.05) is 0 Å². The third-order valence-electron chi connectivity index (χ3n) is 5.62. The Bertz CT molecular complexity index is 1290. The van der Waals surface area contributed by atoms with Crippen LogP contribution in [0, 0.1) is 17.0 Å². The van der Waals surface area contributed by atoms with Gasteiger partial charge in [0.1, 0.15) is 18.3 Å². The number of Topliss-reactive ketones (excluding diaryl/α,β-unsaturated/α-hetero) is 1. The van der Waals surface area contributed by atoms with Gasteiger partial charge in [-0.1, -0.05) is 19.1 Å². The van der Waals surface area contributed by atoms with Crippen LogP contribution in [-0.2, 0) is 18.5 Å². The number of halogens is 7. The molecular formula is C22H17F7N4O3. The number of nitrogens with zero attached hydrogens (tertiary/aromatic N) is 4. The van der Waals surface area contributed by atoms with E-state index in [4.69, 9.17) is 0 Å². The van der Waals surface area contributed by atoms with E-state index < -0.39 is 46.4 Å². The number of aryl methyl sites for hydroxylation is 2. The minimum Gasteiger partial charge on any atom is -0.294 e. The highest BCUT2D eigenvalue weighted by Crippen LogP contribution is 2.53. The predicted octanol–water partition coefficient (Wildman–Crippen LogP) is 5.76. The van der Waals surface area contributed by atoms with Crippen LogP contribution in [0.4, 0.5) is 36.4 Å². The molecule has 7 nitrogen and oxygen atoms in total. The highest BCUT2D eigenvalue weighted by atomic mass is 19.4. The highest BCUT2D eigenvalue weighted by Gasteiger charge is 2.73. The van der Waals surface area contributed by atoms with Crippen molar-refractivity contribution < 1.29 is 40.5 Å². The Morgan fingerprint density at radius 3 is 2.19 bits per heavy atom. The molecule has 0 fully saturated rings. The highest BCUT2D eigenvalue weighted by molar-refractivity contribution is 5.98. The predicted molar refractivity (Wildman–Crippen MR) is 112 cm³/mol. The maximum absolute atomic E-state index is 14.6. The average molecular weight is 518 g/mol. The Morgan fingerprint density at radius 2 is 1.69 bits per heavy atom. The molecule has 0 aliphatic carbocycles. The van der Waals surface area contributed by atoms with E-state index >= 15 is 0 Å². The molecule has 36 heavy (non-hydrogen) atoms. The largest absolute Gasteiger partial charge is 0.435 e. The Morgan fingerprint density at radius 1 is 1.06 bits per heavy atom. The molecule has 0 saturated carbocycles. The summed E-state index contributed by atoms with van der Waals surface area (Å²) in [6.45, 7) is 2.58. The topological polar surface area (TPSA) is 90.9 Å². The summed E-state index contributed by atoms with van der Waals surface area (Å²) in [6.07, 6.45) is -10.8. The van der Waals surface area contributed by atoms with Gasteiger partial charge in [0.25, 0.3) is 5.69 Å². The molecule has 1 heterocycles. The zero-order valence-electron chi connectivity index (χ0n) is 18.6. The Kier molecular flexibility index (Phi) is 6.92. The smallest absolute Gasteiger partial charge is 0.294 e. The third-order valence-corrected chi connectivity index (χ3v) is 5.62. The molecule has 0 amide bonds. The van der Waals surface area contributed by atoms with Crippen LogP contribution >= 0.6 is 0 Å². The standard InChI is InChI=1S/C22H17F7N4O3/c1-3-13-7-15(20(23,21(24,25)26)22(27,28)29)6-12(2)16(13)9-19(34)14-4-5-17(18(8-14)33(35)36)32-11-30-10-31-32/h4-8,10-11H,3,9H2,1-2H3. The van der Waals surface area contributed by atoms with Crippen LogP contribution < -0.4 is 0 Å². The molecule has 1 aromatic heterocycles. The Hall–Kier alpha value is -3.84. The molecule has 0 aliphatic heterocycles. The number of hydrogen-bond acceptors (Lipinski definition) is 5. The van der Waals surface area contributed by atoms with Crippen molar-refractivity contribution in [1.82, 2.24) is 14.8 Å². The number of carbonyl (C=O) groups excluding carboxylic acids is 1. The second kappa shape index (κ2) is 9.32. The lowest BCUT2D eigenvalue weighted by Gasteiger charge is -2.31. The van der Waals surface area contributed by atoms with Crippen LogP contribution in [0.25, 0.3) is 5.69 Å². The van der Waals surface area contributed by atoms with Crippen LogP contribution in [0.15, 0.2) is 43.0 Å². The van der Waals surface area contributed by atoms with E-state index in [-0.39, 0.29) is 34.4 Å². The van der Waals surface area contributed by atoms with Gasteiger partial charge in [-0.15, -0.1) is 0 Å². The number of nitro groups is 1. The molecule has 2 aromatic carbocycles. The van der Waals surface area contributed by atoms with Crippen molar-refractivity contribution in [3.63, 3.8) is 0 Å². The van der Waals surface area contributed by atoms with Crippen molar-refractivity contribution in [2.45, 2.75) is 44.7 Å². The molecule has 0 saturated heterocycles.